The first kappa shape index (κ1) is 8.10. The molecule has 0 radical (unpaired) electrons. The summed E-state index contributed by atoms with van der Waals surface area (Å²) in [6, 6.07) is 3.89. The molecule has 2 rings (SSSR count). The molecule has 68 valence electrons. The Morgan fingerprint density at radius 1 is 1.46 bits per heavy atom. The van der Waals surface area contributed by atoms with Gasteiger partial charge in [0.2, 0.25) is 0 Å². The molecule has 13 heavy (non-hydrogen) atoms. The van der Waals surface area contributed by atoms with Crippen molar-refractivity contribution in [1.82, 2.24) is 5.32 Å². The highest BCUT2D eigenvalue weighted by atomic mass is 16.5. The summed E-state index contributed by atoms with van der Waals surface area (Å²) in [5, 5.41) is 2.77. The summed E-state index contributed by atoms with van der Waals surface area (Å²) in [6.45, 7) is 2.61. The van der Waals surface area contributed by atoms with Crippen molar-refractivity contribution >= 4 is 5.91 Å². The zero-order valence-electron chi connectivity index (χ0n) is 7.68. The molecule has 0 bridgehead atoms. The van der Waals surface area contributed by atoms with Crippen LogP contribution in [0.2, 0.25) is 0 Å². The van der Waals surface area contributed by atoms with E-state index in [2.05, 4.69) is 5.32 Å². The van der Waals surface area contributed by atoms with Crippen molar-refractivity contribution in [3.05, 3.63) is 28.8 Å². The topological polar surface area (TPSA) is 38.3 Å². The first-order chi connectivity index (χ1) is 6.22. The Balaban J connectivity index is 2.64. The average molecular weight is 177 g/mol. The smallest absolute Gasteiger partial charge is 0.255 e. The lowest BCUT2D eigenvalue weighted by Crippen LogP contribution is -2.13. The fourth-order valence-corrected chi connectivity index (χ4v) is 1.65. The second-order valence-electron chi connectivity index (χ2n) is 3.18. The lowest BCUT2D eigenvalue weighted by molar-refractivity contribution is 0.0963. The molecule has 0 unspecified atom stereocenters. The Bertz CT molecular complexity index is 371. The molecule has 1 aromatic carbocycles. The quantitative estimate of drug-likeness (QED) is 0.701. The molecule has 0 saturated carbocycles. The highest BCUT2D eigenvalue weighted by molar-refractivity contribution is 6.01. The molecule has 1 N–H and O–H groups in total. The molecule has 0 fully saturated rings. The number of rotatable bonds is 1. The van der Waals surface area contributed by atoms with Crippen molar-refractivity contribution < 1.29 is 9.53 Å². The third-order valence-electron chi connectivity index (χ3n) is 2.21. The lowest BCUT2D eigenvalue weighted by atomic mass is 10.1. The summed E-state index contributed by atoms with van der Waals surface area (Å²) in [7, 11) is 1.58. The highest BCUT2D eigenvalue weighted by Gasteiger charge is 2.23. The molecular weight excluding hydrogens is 166 g/mol. The van der Waals surface area contributed by atoms with Crippen LogP contribution in [-0.2, 0) is 6.54 Å². The van der Waals surface area contributed by atoms with Gasteiger partial charge in [0.15, 0.2) is 0 Å². The van der Waals surface area contributed by atoms with Crippen LogP contribution in [0.3, 0.4) is 0 Å². The van der Waals surface area contributed by atoms with Gasteiger partial charge in [0.25, 0.3) is 5.91 Å². The number of benzene rings is 1. The standard InChI is InChI=1S/C10H11NO2/c1-6-3-7-5-11-10(12)9(7)8(4-6)13-2/h3-4H,5H2,1-2H3,(H,11,12). The van der Waals surface area contributed by atoms with Crippen LogP contribution in [-0.4, -0.2) is 13.0 Å². The van der Waals surface area contributed by atoms with E-state index in [1.165, 1.54) is 0 Å². The molecule has 0 spiro atoms. The Hall–Kier alpha value is -1.51. The SMILES string of the molecule is COc1cc(C)cc2c1C(=O)NC2. The van der Waals surface area contributed by atoms with Gasteiger partial charge in [-0.25, -0.2) is 0 Å². The van der Waals surface area contributed by atoms with Gasteiger partial charge >= 0.3 is 0 Å². The fraction of sp³-hybridized carbons (Fsp3) is 0.300. The molecule has 0 saturated heterocycles. The van der Waals surface area contributed by atoms with Crippen LogP contribution in [0.25, 0.3) is 0 Å². The Kier molecular flexibility index (Phi) is 1.72. The number of ether oxygens (including phenoxy) is 1. The second-order valence-corrected chi connectivity index (χ2v) is 3.18. The maximum Gasteiger partial charge on any atom is 0.255 e. The van der Waals surface area contributed by atoms with Gasteiger partial charge < -0.3 is 10.1 Å². The zero-order chi connectivity index (χ0) is 9.42. The Morgan fingerprint density at radius 2 is 2.23 bits per heavy atom. The van der Waals surface area contributed by atoms with Crippen LogP contribution < -0.4 is 10.1 Å². The van der Waals surface area contributed by atoms with Gasteiger partial charge in [-0.1, -0.05) is 6.07 Å². The van der Waals surface area contributed by atoms with Crippen LogP contribution in [0, 0.1) is 6.92 Å². The first-order valence-corrected chi connectivity index (χ1v) is 4.18. The first-order valence-electron chi connectivity index (χ1n) is 4.18. The van der Waals surface area contributed by atoms with Crippen molar-refractivity contribution in [3.8, 4) is 5.75 Å². The van der Waals surface area contributed by atoms with E-state index in [-0.39, 0.29) is 5.91 Å². The van der Waals surface area contributed by atoms with E-state index in [9.17, 15) is 4.79 Å². The summed E-state index contributed by atoms with van der Waals surface area (Å²) < 4.78 is 5.15. The number of aryl methyl sites for hydroxylation is 1. The number of fused-ring (bicyclic) bond motifs is 1. The van der Waals surface area contributed by atoms with Crippen molar-refractivity contribution in [2.24, 2.45) is 0 Å². The van der Waals surface area contributed by atoms with E-state index in [4.69, 9.17) is 4.74 Å². The van der Waals surface area contributed by atoms with Crippen molar-refractivity contribution in [3.63, 3.8) is 0 Å². The number of hydrogen-bond acceptors (Lipinski definition) is 2. The molecule has 3 heteroatoms. The zero-order valence-corrected chi connectivity index (χ0v) is 7.68. The monoisotopic (exact) mass is 177 g/mol. The normalized spacial score (nSPS) is 13.8. The van der Waals surface area contributed by atoms with Gasteiger partial charge in [-0.15, -0.1) is 0 Å². The van der Waals surface area contributed by atoms with Crippen LogP contribution in [0.4, 0.5) is 0 Å². The van der Waals surface area contributed by atoms with Crippen molar-refractivity contribution in [2.45, 2.75) is 13.5 Å². The van der Waals surface area contributed by atoms with E-state index < -0.39 is 0 Å². The minimum atomic E-state index is -0.0353. The molecule has 0 atom stereocenters. The Morgan fingerprint density at radius 3 is 2.92 bits per heavy atom. The van der Waals surface area contributed by atoms with E-state index in [1.807, 2.05) is 19.1 Å². The molecular formula is C10H11NO2. The molecule has 0 aliphatic carbocycles. The van der Waals surface area contributed by atoms with E-state index in [0.717, 1.165) is 11.1 Å². The number of nitrogens with one attached hydrogen (secondary N) is 1. The number of carbonyl (C=O) groups is 1. The maximum atomic E-state index is 11.4. The molecule has 3 nitrogen and oxygen atoms in total. The third kappa shape index (κ3) is 1.16. The fourth-order valence-electron chi connectivity index (χ4n) is 1.65. The maximum absolute atomic E-state index is 11.4. The van der Waals surface area contributed by atoms with Crippen LogP contribution in [0.1, 0.15) is 21.5 Å². The third-order valence-corrected chi connectivity index (χ3v) is 2.21. The summed E-state index contributed by atoms with van der Waals surface area (Å²) in [6.07, 6.45) is 0. The number of hydrogen-bond donors (Lipinski definition) is 1. The van der Waals surface area contributed by atoms with Crippen molar-refractivity contribution in [1.29, 1.82) is 0 Å². The molecule has 1 amide bonds. The minimum Gasteiger partial charge on any atom is -0.496 e. The number of carbonyl (C=O) groups excluding carboxylic acids is 1. The Labute approximate surface area is 76.7 Å². The minimum absolute atomic E-state index is 0.0353. The van der Waals surface area contributed by atoms with Gasteiger partial charge in [0, 0.05) is 6.54 Å². The second kappa shape index (κ2) is 2.76. The summed E-state index contributed by atoms with van der Waals surface area (Å²) in [4.78, 5) is 11.4. The van der Waals surface area contributed by atoms with Gasteiger partial charge in [0.1, 0.15) is 5.75 Å². The van der Waals surface area contributed by atoms with Crippen LogP contribution >= 0.6 is 0 Å². The molecule has 1 heterocycles. The van der Waals surface area contributed by atoms with Crippen molar-refractivity contribution in [2.75, 3.05) is 7.11 Å². The molecule has 1 aliphatic heterocycles. The highest BCUT2D eigenvalue weighted by Crippen LogP contribution is 2.27. The van der Waals surface area contributed by atoms with Crippen LogP contribution in [0.15, 0.2) is 12.1 Å². The van der Waals surface area contributed by atoms with Gasteiger partial charge in [-0.3, -0.25) is 4.79 Å². The number of amides is 1. The van der Waals surface area contributed by atoms with E-state index >= 15 is 0 Å². The molecule has 1 aliphatic rings. The van der Waals surface area contributed by atoms with E-state index in [0.29, 0.717) is 17.9 Å². The largest absolute Gasteiger partial charge is 0.496 e. The van der Waals surface area contributed by atoms with Crippen LogP contribution in [0.5, 0.6) is 5.75 Å². The predicted molar refractivity (Wildman–Crippen MR) is 48.9 cm³/mol. The summed E-state index contributed by atoms with van der Waals surface area (Å²) in [5.74, 6) is 0.636. The number of methoxy groups -OCH3 is 1. The van der Waals surface area contributed by atoms with E-state index in [1.54, 1.807) is 7.11 Å². The lowest BCUT2D eigenvalue weighted by Gasteiger charge is -2.05. The molecule has 0 aromatic heterocycles. The van der Waals surface area contributed by atoms with Gasteiger partial charge in [-0.05, 0) is 24.1 Å². The molecule has 1 aromatic rings. The summed E-state index contributed by atoms with van der Waals surface area (Å²) >= 11 is 0. The summed E-state index contributed by atoms with van der Waals surface area (Å²) in [5.41, 5.74) is 2.84. The average Bonchev–Trinajstić information content (AvgIpc) is 2.46. The van der Waals surface area contributed by atoms with Gasteiger partial charge in [-0.2, -0.15) is 0 Å². The van der Waals surface area contributed by atoms with Gasteiger partial charge in [0.05, 0.1) is 12.7 Å². The predicted octanol–water partition coefficient (Wildman–Crippen LogP) is 1.25.